The second-order valence-electron chi connectivity index (χ2n) is 27.1. The number of cyclic esters (lactones) is 1. The summed E-state index contributed by atoms with van der Waals surface area (Å²) in [7, 11) is 0. The first-order chi connectivity index (χ1) is 54.4. The maximum atomic E-state index is 14.8. The molecule has 630 valence electrons. The van der Waals surface area contributed by atoms with Gasteiger partial charge < -0.3 is 122 Å². The molecule has 0 spiro atoms. The van der Waals surface area contributed by atoms with Crippen molar-refractivity contribution < 1.29 is 126 Å². The number of nitrogens with two attached hydrogens (primary N) is 3. The fraction of sp³-hybridized carbons (Fsp3) is 0.528. The molecule has 1 aromatic heterocycles. The molecular formula is C72H101N17O26. The highest BCUT2D eigenvalue weighted by molar-refractivity contribution is 6.05. The number of nitrogens with one attached hydrogen (secondary N) is 14. The van der Waals surface area contributed by atoms with Crippen molar-refractivity contribution in [2.45, 2.75) is 203 Å². The molecule has 25 N–H and O–H groups in total. The third kappa shape index (κ3) is 33.3. The molecule has 115 heavy (non-hydrogen) atoms. The second-order valence-corrected chi connectivity index (χ2v) is 27.1. The van der Waals surface area contributed by atoms with E-state index in [9.17, 15) is 121 Å². The van der Waals surface area contributed by atoms with Gasteiger partial charge in [0.05, 0.1) is 58.3 Å². The Morgan fingerprint density at radius 2 is 1.05 bits per heavy atom. The Hall–Kier alpha value is -12.7. The van der Waals surface area contributed by atoms with Gasteiger partial charge in [0.15, 0.2) is 5.78 Å². The van der Waals surface area contributed by atoms with Crippen LogP contribution in [0.3, 0.4) is 0 Å². The highest BCUT2D eigenvalue weighted by Gasteiger charge is 2.41. The number of rotatable bonds is 36. The Bertz CT molecular complexity index is 4020. The number of aliphatic carboxylic acids is 4. The second kappa shape index (κ2) is 48.3. The van der Waals surface area contributed by atoms with Crippen molar-refractivity contribution >= 4 is 135 Å². The van der Waals surface area contributed by atoms with Crippen LogP contribution in [-0.2, 0) is 102 Å². The summed E-state index contributed by atoms with van der Waals surface area (Å²) in [5.41, 5.74) is 18.1. The standard InChI is InChI=1S/C72H101N17O26/c1-4-5-6-7-8-9-10-11-22-53(93)81-44(25-38-31-76-42-20-15-13-17-39(38)42)66(108)84-45(27-52(75)92)67(109)86-48(30-60(103)104)68(110)89-62-37(3)115-72(114)49(26-51(91)40-18-12-14-19-41(40)74)87-71(113)61(36(2)24-57(97)98)88-69(111)50(35-90)83-56(96)33-77-63(105)46(28-58(99)100)82-55(95)32-78-64(106)47(29-59(101)102)85-65(107)43(21-16-23-73)80-54(94)34-79-70(62)112/h12-15,17-20,31,36-37,43-50,61-62,76,90H,4-11,16,21-30,32-35,73-74H2,1-3H3,(H2,75,92)(H,77,105)(H,78,106)(H,79,112)(H,80,94)(H,81,93)(H,82,95)(H,83,96)(H,84,108)(H,85,107)(H,86,109)(H,87,113)(H,88,111)(H,89,110)(H,97,98)(H,99,100)(H,101,102)(H,103,104)/t36-,37?,43-,44+,45-,46+,47?,48-,49+,50?,61+,62?/m1/s1. The minimum absolute atomic E-state index is 0.0170. The number of carboxylic acids is 4. The number of ketones is 1. The van der Waals surface area contributed by atoms with Crippen LogP contribution in [0.15, 0.2) is 54.7 Å². The number of anilines is 1. The van der Waals surface area contributed by atoms with Crippen LogP contribution in [0.1, 0.15) is 146 Å². The number of carboxylic acid groups (broad SMARTS) is 4. The molecule has 1 aliphatic rings. The molecule has 0 saturated carbocycles. The number of H-pyrrole nitrogens is 1. The number of ether oxygens (including phenoxy) is 1. The van der Waals surface area contributed by atoms with Gasteiger partial charge in [0.25, 0.3) is 0 Å². The number of benzene rings is 2. The number of unbranched alkanes of at least 4 members (excludes halogenated alkanes) is 7. The number of para-hydroxylation sites is 2. The fourth-order valence-electron chi connectivity index (χ4n) is 11.8. The number of aromatic amines is 1. The van der Waals surface area contributed by atoms with Crippen LogP contribution < -0.4 is 86.3 Å². The van der Waals surface area contributed by atoms with Gasteiger partial charge in [-0.3, -0.25) is 91.1 Å². The molecular weight excluding hydrogens is 1520 g/mol. The lowest BCUT2D eigenvalue weighted by Crippen LogP contribution is -2.62. The van der Waals surface area contributed by atoms with E-state index >= 15 is 0 Å². The number of nitrogen functional groups attached to an aromatic ring is 1. The van der Waals surface area contributed by atoms with Gasteiger partial charge in [0.2, 0.25) is 82.7 Å². The van der Waals surface area contributed by atoms with Crippen molar-refractivity contribution in [3.8, 4) is 0 Å². The van der Waals surface area contributed by atoms with Gasteiger partial charge >= 0.3 is 29.8 Å². The number of carbonyl (C=O) groups excluding carboxylic acids is 16. The van der Waals surface area contributed by atoms with Gasteiger partial charge in [-0.1, -0.05) is 89.1 Å². The fourth-order valence-corrected chi connectivity index (χ4v) is 11.8. The van der Waals surface area contributed by atoms with Gasteiger partial charge in [-0.15, -0.1) is 0 Å². The minimum atomic E-state index is -2.45. The largest absolute Gasteiger partial charge is 0.481 e. The summed E-state index contributed by atoms with van der Waals surface area (Å²) in [4.78, 5) is 275. The molecule has 0 radical (unpaired) electrons. The molecule has 1 fully saturated rings. The Balaban J connectivity index is 1.86. The summed E-state index contributed by atoms with van der Waals surface area (Å²) in [6.07, 6.45) is -1.12. The molecule has 43 nitrogen and oxygen atoms in total. The normalized spacial score (nSPS) is 20.5. The zero-order valence-corrected chi connectivity index (χ0v) is 63.4. The Kier molecular flexibility index (Phi) is 39.7. The van der Waals surface area contributed by atoms with Crippen molar-refractivity contribution in [2.75, 3.05) is 38.5 Å². The lowest BCUT2D eigenvalue weighted by atomic mass is 9.96. The lowest BCUT2D eigenvalue weighted by molar-refractivity contribution is -0.156. The molecule has 14 amide bonds. The summed E-state index contributed by atoms with van der Waals surface area (Å²) < 4.78 is 5.68. The number of fused-ring (bicyclic) bond motifs is 1. The molecule has 43 heteroatoms. The van der Waals surface area contributed by atoms with Gasteiger partial charge in [-0.25, -0.2) is 4.79 Å². The highest BCUT2D eigenvalue weighted by atomic mass is 16.5. The third-order valence-corrected chi connectivity index (χ3v) is 17.8. The van der Waals surface area contributed by atoms with E-state index in [0.717, 1.165) is 52.4 Å². The summed E-state index contributed by atoms with van der Waals surface area (Å²) in [5, 5.41) is 78.3. The van der Waals surface area contributed by atoms with Crippen molar-refractivity contribution in [3.63, 3.8) is 0 Å². The topological polar surface area (TPSA) is 702 Å². The summed E-state index contributed by atoms with van der Waals surface area (Å²) in [6, 6.07) is -8.69. The molecule has 4 unspecified atom stereocenters. The summed E-state index contributed by atoms with van der Waals surface area (Å²) in [5.74, 6) is -29.7. The average molecular weight is 1620 g/mol. The Morgan fingerprint density at radius 3 is 1.62 bits per heavy atom. The minimum Gasteiger partial charge on any atom is -0.481 e. The Labute approximate surface area is 657 Å². The van der Waals surface area contributed by atoms with Gasteiger partial charge in [-0.2, -0.15) is 0 Å². The first-order valence-corrected chi connectivity index (χ1v) is 36.9. The van der Waals surface area contributed by atoms with Crippen LogP contribution in [-0.4, -0.2) is 248 Å². The first-order valence-electron chi connectivity index (χ1n) is 36.9. The van der Waals surface area contributed by atoms with E-state index in [1.54, 1.807) is 30.5 Å². The zero-order valence-electron chi connectivity index (χ0n) is 63.4. The molecule has 2 heterocycles. The van der Waals surface area contributed by atoms with E-state index in [4.69, 9.17) is 21.9 Å². The van der Waals surface area contributed by atoms with Crippen LogP contribution in [0.2, 0.25) is 0 Å². The molecule has 0 aliphatic carbocycles. The van der Waals surface area contributed by atoms with Crippen molar-refractivity contribution in [3.05, 3.63) is 65.9 Å². The van der Waals surface area contributed by atoms with E-state index in [1.165, 1.54) is 24.3 Å². The van der Waals surface area contributed by atoms with E-state index in [2.05, 4.69) is 59.8 Å². The highest BCUT2D eigenvalue weighted by Crippen LogP contribution is 2.22. The van der Waals surface area contributed by atoms with Crippen molar-refractivity contribution in [1.29, 1.82) is 0 Å². The molecule has 0 bridgehead atoms. The summed E-state index contributed by atoms with van der Waals surface area (Å²) >= 11 is 0. The van der Waals surface area contributed by atoms with E-state index < -0.39 is 256 Å². The molecule has 4 rings (SSSR count). The number of amides is 14. The number of esters is 1. The third-order valence-electron chi connectivity index (χ3n) is 17.8. The molecule has 2 aromatic carbocycles. The van der Waals surface area contributed by atoms with E-state index in [0.29, 0.717) is 29.3 Å². The average Bonchev–Trinajstić information content (AvgIpc) is 1.81. The predicted octanol–water partition coefficient (Wildman–Crippen LogP) is -5.62. The maximum absolute atomic E-state index is 14.8. The smallest absolute Gasteiger partial charge is 0.329 e. The predicted molar refractivity (Wildman–Crippen MR) is 400 cm³/mol. The molecule has 3 aromatic rings. The quantitative estimate of drug-likeness (QED) is 0.0112. The Morgan fingerprint density at radius 1 is 0.539 bits per heavy atom. The van der Waals surface area contributed by atoms with E-state index in [1.807, 2.05) is 21.3 Å². The maximum Gasteiger partial charge on any atom is 0.329 e. The number of aliphatic hydroxyl groups excluding tert-OH is 1. The van der Waals surface area contributed by atoms with Crippen LogP contribution in [0, 0.1) is 5.92 Å². The van der Waals surface area contributed by atoms with Crippen molar-refractivity contribution in [2.24, 2.45) is 17.4 Å². The number of hydrogen-bond donors (Lipinski definition) is 22. The van der Waals surface area contributed by atoms with Gasteiger partial charge in [0, 0.05) is 47.6 Å². The SMILES string of the molecule is CCCCCCCCCCC(=O)N[C@@H](Cc1c[nH]c2ccccc12)C(=O)N[C@H](CC(N)=O)C(=O)N[C@H](CC(=O)O)C(=O)NC1C(=O)NCC(=O)N[C@H](CCCN)C(=O)NC(CC(=O)O)C(=O)NCC(=O)N[C@@H](CC(=O)O)C(=O)NCC(=O)NC(CO)C(=O)N[C@@H]([C@H](C)CC(=O)O)C(=O)N[C@@H](CC(=O)c2ccccc2N)C(=O)OC1C. The number of primary amides is 1. The lowest BCUT2D eigenvalue weighted by Gasteiger charge is -2.30. The van der Waals surface area contributed by atoms with E-state index in [-0.39, 0.29) is 43.5 Å². The number of hydrogen-bond acceptors (Lipinski definition) is 24. The van der Waals surface area contributed by atoms with Crippen molar-refractivity contribution in [1.82, 2.24) is 74.1 Å². The van der Waals surface area contributed by atoms with Gasteiger partial charge in [-0.05, 0) is 62.4 Å². The molecule has 1 aliphatic heterocycles. The van der Waals surface area contributed by atoms with Crippen LogP contribution in [0.5, 0.6) is 0 Å². The number of carbonyl (C=O) groups is 20. The number of aromatic nitrogens is 1. The monoisotopic (exact) mass is 1620 g/mol. The van der Waals surface area contributed by atoms with Gasteiger partial charge in [0.1, 0.15) is 66.5 Å². The first kappa shape index (κ1) is 94.7. The van der Waals surface area contributed by atoms with Crippen LogP contribution in [0.25, 0.3) is 10.9 Å². The molecule has 12 atom stereocenters. The summed E-state index contributed by atoms with van der Waals surface area (Å²) in [6.45, 7) is -0.975. The number of aliphatic hydroxyl groups is 1. The van der Waals surface area contributed by atoms with Crippen LogP contribution in [0.4, 0.5) is 5.69 Å². The van der Waals surface area contributed by atoms with Crippen LogP contribution >= 0.6 is 0 Å². The zero-order chi connectivity index (χ0) is 85.6. The number of Topliss-reactive ketones (excluding diaryl/α,β-unsaturated/α-hetero) is 1. The molecule has 1 saturated heterocycles.